The van der Waals surface area contributed by atoms with E-state index in [1.54, 1.807) is 12.1 Å². The lowest BCUT2D eigenvalue weighted by atomic mass is 10.2. The van der Waals surface area contributed by atoms with Crippen molar-refractivity contribution in [1.29, 1.82) is 0 Å². The van der Waals surface area contributed by atoms with E-state index in [0.717, 1.165) is 50.8 Å². The maximum atomic E-state index is 12.1. The molecule has 0 aliphatic rings. The number of unbranched alkanes of at least 4 members (excludes halogenated alkanes) is 3. The second kappa shape index (κ2) is 9.92. The van der Waals surface area contributed by atoms with Crippen LogP contribution in [0.1, 0.15) is 51.5 Å². The van der Waals surface area contributed by atoms with E-state index in [1.165, 1.54) is 0 Å². The number of rotatable bonds is 11. The van der Waals surface area contributed by atoms with E-state index in [0.29, 0.717) is 11.4 Å². The van der Waals surface area contributed by atoms with Crippen molar-refractivity contribution < 1.29 is 8.42 Å². The Hall–Kier alpha value is -0.910. The van der Waals surface area contributed by atoms with Gasteiger partial charge in [0.1, 0.15) is 0 Å². The van der Waals surface area contributed by atoms with Crippen molar-refractivity contribution >= 4 is 10.0 Å². The van der Waals surface area contributed by atoms with Gasteiger partial charge in [0.15, 0.2) is 0 Å². The molecule has 0 amide bonds. The van der Waals surface area contributed by atoms with Crippen molar-refractivity contribution in [2.75, 3.05) is 13.1 Å². The molecule has 0 bridgehead atoms. The van der Waals surface area contributed by atoms with Crippen LogP contribution in [0.15, 0.2) is 29.2 Å². The van der Waals surface area contributed by atoms with Crippen LogP contribution in [-0.4, -0.2) is 21.5 Å². The van der Waals surface area contributed by atoms with Gasteiger partial charge in [0.25, 0.3) is 0 Å². The normalized spacial score (nSPS) is 11.7. The molecule has 5 heteroatoms. The quantitative estimate of drug-likeness (QED) is 0.617. The summed E-state index contributed by atoms with van der Waals surface area (Å²) >= 11 is 0. The summed E-state index contributed by atoms with van der Waals surface area (Å²) in [7, 11) is -3.36. The fourth-order valence-electron chi connectivity index (χ4n) is 2.04. The predicted molar refractivity (Wildman–Crippen MR) is 87.8 cm³/mol. The summed E-state index contributed by atoms with van der Waals surface area (Å²) in [6, 6.07) is 7.09. The van der Waals surface area contributed by atoms with Gasteiger partial charge in [-0.1, -0.05) is 45.2 Å². The standard InChI is InChI=1S/C16H28N2O2S/c1-3-5-6-7-13-18-21(19,20)16-10-8-15(9-11-16)14-17-12-4-2/h8-11,17-18H,3-7,12-14H2,1-2H3. The first-order valence-electron chi connectivity index (χ1n) is 7.89. The zero-order valence-corrected chi connectivity index (χ0v) is 14.0. The van der Waals surface area contributed by atoms with Crippen LogP contribution in [0.4, 0.5) is 0 Å². The van der Waals surface area contributed by atoms with E-state index in [1.807, 2.05) is 12.1 Å². The van der Waals surface area contributed by atoms with Gasteiger partial charge in [-0.05, 0) is 37.1 Å². The molecule has 120 valence electrons. The smallest absolute Gasteiger partial charge is 0.240 e. The van der Waals surface area contributed by atoms with Crippen LogP contribution in [-0.2, 0) is 16.6 Å². The zero-order chi connectivity index (χ0) is 15.6. The molecule has 1 rings (SSSR count). The summed E-state index contributed by atoms with van der Waals surface area (Å²) in [5.74, 6) is 0. The van der Waals surface area contributed by atoms with Crippen molar-refractivity contribution in [1.82, 2.24) is 10.0 Å². The molecule has 1 aromatic carbocycles. The van der Waals surface area contributed by atoms with Gasteiger partial charge in [0, 0.05) is 13.1 Å². The largest absolute Gasteiger partial charge is 0.313 e. The van der Waals surface area contributed by atoms with Crippen molar-refractivity contribution in [3.8, 4) is 0 Å². The number of nitrogens with one attached hydrogen (secondary N) is 2. The first kappa shape index (κ1) is 18.1. The van der Waals surface area contributed by atoms with Gasteiger partial charge in [-0.3, -0.25) is 0 Å². The molecule has 0 spiro atoms. The highest BCUT2D eigenvalue weighted by atomic mass is 32.2. The monoisotopic (exact) mass is 312 g/mol. The molecule has 0 saturated heterocycles. The van der Waals surface area contributed by atoms with Gasteiger partial charge >= 0.3 is 0 Å². The molecule has 0 atom stereocenters. The lowest BCUT2D eigenvalue weighted by Crippen LogP contribution is -2.24. The minimum absolute atomic E-state index is 0.345. The molecule has 0 saturated carbocycles. The van der Waals surface area contributed by atoms with Gasteiger partial charge in [-0.2, -0.15) is 0 Å². The van der Waals surface area contributed by atoms with Gasteiger partial charge in [0.2, 0.25) is 10.0 Å². The Balaban J connectivity index is 2.47. The highest BCUT2D eigenvalue weighted by molar-refractivity contribution is 7.89. The molecule has 0 aliphatic heterocycles. The van der Waals surface area contributed by atoms with Gasteiger partial charge < -0.3 is 5.32 Å². The summed E-state index contributed by atoms with van der Waals surface area (Å²) in [4.78, 5) is 0.345. The van der Waals surface area contributed by atoms with Crippen molar-refractivity contribution in [3.05, 3.63) is 29.8 Å². The third-order valence-corrected chi connectivity index (χ3v) is 4.79. The summed E-state index contributed by atoms with van der Waals surface area (Å²) in [5, 5.41) is 3.30. The van der Waals surface area contributed by atoms with E-state index in [2.05, 4.69) is 23.9 Å². The Kier molecular flexibility index (Phi) is 8.57. The number of hydrogen-bond acceptors (Lipinski definition) is 3. The Morgan fingerprint density at radius 1 is 0.905 bits per heavy atom. The Morgan fingerprint density at radius 2 is 1.62 bits per heavy atom. The molecule has 0 unspecified atom stereocenters. The van der Waals surface area contributed by atoms with Crippen LogP contribution >= 0.6 is 0 Å². The molecule has 21 heavy (non-hydrogen) atoms. The summed E-state index contributed by atoms with van der Waals surface area (Å²) in [5.41, 5.74) is 1.10. The van der Waals surface area contributed by atoms with Crippen LogP contribution in [0.2, 0.25) is 0 Å². The minimum Gasteiger partial charge on any atom is -0.313 e. The SMILES string of the molecule is CCCCCCNS(=O)(=O)c1ccc(CNCCC)cc1. The molecule has 2 N–H and O–H groups in total. The fourth-order valence-corrected chi connectivity index (χ4v) is 3.11. The summed E-state index contributed by atoms with van der Waals surface area (Å²) in [6.45, 7) is 6.52. The third kappa shape index (κ3) is 7.07. The maximum Gasteiger partial charge on any atom is 0.240 e. The van der Waals surface area contributed by atoms with Crippen LogP contribution in [0.3, 0.4) is 0 Å². The predicted octanol–water partition coefficient (Wildman–Crippen LogP) is 3.04. The third-order valence-electron chi connectivity index (χ3n) is 3.31. The number of benzene rings is 1. The van der Waals surface area contributed by atoms with Crippen LogP contribution in [0, 0.1) is 0 Å². The minimum atomic E-state index is -3.36. The topological polar surface area (TPSA) is 58.2 Å². The molecule has 4 nitrogen and oxygen atoms in total. The molecule has 0 fully saturated rings. The van der Waals surface area contributed by atoms with E-state index in [9.17, 15) is 8.42 Å². The average Bonchev–Trinajstić information content (AvgIpc) is 2.48. The van der Waals surface area contributed by atoms with Crippen LogP contribution in [0.5, 0.6) is 0 Å². The highest BCUT2D eigenvalue weighted by Gasteiger charge is 2.12. The molecular formula is C16H28N2O2S. The first-order valence-corrected chi connectivity index (χ1v) is 9.37. The van der Waals surface area contributed by atoms with Crippen molar-refractivity contribution in [2.24, 2.45) is 0 Å². The van der Waals surface area contributed by atoms with Crippen LogP contribution < -0.4 is 10.0 Å². The van der Waals surface area contributed by atoms with E-state index >= 15 is 0 Å². The number of hydrogen-bond donors (Lipinski definition) is 2. The molecule has 0 aliphatic carbocycles. The summed E-state index contributed by atoms with van der Waals surface area (Å²) < 4.78 is 26.9. The molecule has 0 radical (unpaired) electrons. The van der Waals surface area contributed by atoms with Gasteiger partial charge in [0.05, 0.1) is 4.90 Å². The van der Waals surface area contributed by atoms with E-state index < -0.39 is 10.0 Å². The lowest BCUT2D eigenvalue weighted by molar-refractivity contribution is 0.573. The Bertz CT molecular complexity index is 484. The molecular weight excluding hydrogens is 284 g/mol. The Labute approximate surface area is 129 Å². The first-order chi connectivity index (χ1) is 10.1. The average molecular weight is 312 g/mol. The molecule has 1 aromatic rings. The van der Waals surface area contributed by atoms with Crippen molar-refractivity contribution in [2.45, 2.75) is 57.4 Å². The summed E-state index contributed by atoms with van der Waals surface area (Å²) in [6.07, 6.45) is 5.36. The second-order valence-corrected chi connectivity index (χ2v) is 7.05. The number of sulfonamides is 1. The van der Waals surface area contributed by atoms with Gasteiger partial charge in [-0.25, -0.2) is 13.1 Å². The maximum absolute atomic E-state index is 12.1. The Morgan fingerprint density at radius 3 is 2.24 bits per heavy atom. The zero-order valence-electron chi connectivity index (χ0n) is 13.2. The van der Waals surface area contributed by atoms with E-state index in [4.69, 9.17) is 0 Å². The van der Waals surface area contributed by atoms with Crippen molar-refractivity contribution in [3.63, 3.8) is 0 Å². The van der Waals surface area contributed by atoms with Gasteiger partial charge in [-0.15, -0.1) is 0 Å². The highest BCUT2D eigenvalue weighted by Crippen LogP contribution is 2.11. The fraction of sp³-hybridized carbons (Fsp3) is 0.625. The molecule has 0 heterocycles. The van der Waals surface area contributed by atoms with Crippen LogP contribution in [0.25, 0.3) is 0 Å². The second-order valence-electron chi connectivity index (χ2n) is 5.28. The van der Waals surface area contributed by atoms with E-state index in [-0.39, 0.29) is 0 Å². The lowest BCUT2D eigenvalue weighted by Gasteiger charge is -2.08. The molecule has 0 aromatic heterocycles.